The molecule has 0 bridgehead atoms. The first-order valence-electron chi connectivity index (χ1n) is 12.7. The lowest BCUT2D eigenvalue weighted by molar-refractivity contribution is -0.133. The van der Waals surface area contributed by atoms with Crippen LogP contribution in [0.3, 0.4) is 0 Å². The number of carbonyl (C=O) groups is 2. The van der Waals surface area contributed by atoms with E-state index in [0.717, 1.165) is 43.9 Å². The number of rotatable bonds is 8. The molecule has 0 atom stereocenters. The number of hydrogen-bond acceptors (Lipinski definition) is 4. The average molecular weight is 483 g/mol. The van der Waals surface area contributed by atoms with Gasteiger partial charge in [-0.1, -0.05) is 90.5 Å². The Morgan fingerprint density at radius 1 is 0.722 bits per heavy atom. The minimum Gasteiger partial charge on any atom is -0.322 e. The summed E-state index contributed by atoms with van der Waals surface area (Å²) in [7, 11) is 0. The number of piperazine rings is 1. The molecule has 6 heteroatoms. The lowest BCUT2D eigenvalue weighted by Crippen LogP contribution is -2.53. The van der Waals surface area contributed by atoms with Crippen molar-refractivity contribution in [2.75, 3.05) is 32.8 Å². The van der Waals surface area contributed by atoms with Crippen molar-refractivity contribution < 1.29 is 9.59 Å². The van der Waals surface area contributed by atoms with Gasteiger partial charge >= 0.3 is 6.03 Å². The van der Waals surface area contributed by atoms with E-state index in [1.165, 1.54) is 16.0 Å². The van der Waals surface area contributed by atoms with Crippen molar-refractivity contribution in [2.45, 2.75) is 31.8 Å². The second-order valence-electron chi connectivity index (χ2n) is 10.1. The third-order valence-corrected chi connectivity index (χ3v) is 7.24. The number of amides is 3. The van der Waals surface area contributed by atoms with E-state index in [2.05, 4.69) is 46.3 Å². The number of carbonyl (C=O) groups excluding carboxylic acids is 2. The molecule has 2 saturated heterocycles. The molecule has 3 amide bonds. The van der Waals surface area contributed by atoms with E-state index in [9.17, 15) is 9.59 Å². The van der Waals surface area contributed by atoms with Crippen molar-refractivity contribution in [3.05, 3.63) is 107 Å². The molecule has 6 nitrogen and oxygen atoms in total. The predicted molar refractivity (Wildman–Crippen MR) is 141 cm³/mol. The zero-order chi connectivity index (χ0) is 25.0. The van der Waals surface area contributed by atoms with Crippen LogP contribution in [0.4, 0.5) is 4.79 Å². The Bertz CT molecular complexity index is 1150. The third kappa shape index (κ3) is 5.50. The molecule has 3 aromatic carbocycles. The summed E-state index contributed by atoms with van der Waals surface area (Å²) in [6.07, 6.45) is 0.933. The van der Waals surface area contributed by atoms with Gasteiger partial charge in [-0.15, -0.1) is 0 Å². The SMILES string of the molecule is Cc1cccc(CN2CCN(CN3C(=O)NC(Cc4ccccc4)(Cc4ccccc4)C3=O)CC2)c1. The molecule has 0 unspecified atom stereocenters. The molecule has 2 aliphatic heterocycles. The first-order chi connectivity index (χ1) is 17.5. The molecule has 5 rings (SSSR count). The Hall–Kier alpha value is -3.48. The van der Waals surface area contributed by atoms with Gasteiger partial charge in [-0.25, -0.2) is 9.69 Å². The van der Waals surface area contributed by atoms with Crippen LogP contribution in [0.5, 0.6) is 0 Å². The molecule has 0 aliphatic carbocycles. The summed E-state index contributed by atoms with van der Waals surface area (Å²) >= 11 is 0. The van der Waals surface area contributed by atoms with Crippen LogP contribution >= 0.6 is 0 Å². The number of imide groups is 1. The lowest BCUT2D eigenvalue weighted by atomic mass is 9.84. The number of aryl methyl sites for hydroxylation is 1. The number of urea groups is 1. The maximum absolute atomic E-state index is 13.9. The van der Waals surface area contributed by atoms with Crippen LogP contribution in [0, 0.1) is 6.92 Å². The largest absolute Gasteiger partial charge is 0.326 e. The van der Waals surface area contributed by atoms with Gasteiger partial charge in [0.15, 0.2) is 0 Å². The Morgan fingerprint density at radius 2 is 1.28 bits per heavy atom. The van der Waals surface area contributed by atoms with Gasteiger partial charge in [-0.3, -0.25) is 14.6 Å². The van der Waals surface area contributed by atoms with E-state index in [1.807, 2.05) is 60.7 Å². The standard InChI is InChI=1S/C30H34N4O2/c1-24-9-8-14-27(19-24)22-32-15-17-33(18-16-32)23-34-28(35)30(31-29(34)36,20-25-10-4-2-5-11-25)21-26-12-6-3-7-13-26/h2-14,19H,15-18,20-23H2,1H3,(H,31,36). The van der Waals surface area contributed by atoms with Crippen molar-refractivity contribution in [3.8, 4) is 0 Å². The number of hydrogen-bond donors (Lipinski definition) is 1. The molecule has 36 heavy (non-hydrogen) atoms. The Labute approximate surface area is 213 Å². The van der Waals surface area contributed by atoms with Gasteiger partial charge < -0.3 is 5.32 Å². The summed E-state index contributed by atoms with van der Waals surface area (Å²) in [6.45, 7) is 6.85. The molecule has 0 aromatic heterocycles. The van der Waals surface area contributed by atoms with Gasteiger partial charge in [0.25, 0.3) is 5.91 Å². The van der Waals surface area contributed by atoms with Crippen molar-refractivity contribution in [3.63, 3.8) is 0 Å². The summed E-state index contributed by atoms with van der Waals surface area (Å²) in [6, 6.07) is 28.2. The average Bonchev–Trinajstić information content (AvgIpc) is 3.10. The van der Waals surface area contributed by atoms with Gasteiger partial charge in [0.2, 0.25) is 0 Å². The van der Waals surface area contributed by atoms with E-state index in [0.29, 0.717) is 19.5 Å². The van der Waals surface area contributed by atoms with Crippen molar-refractivity contribution in [1.82, 2.24) is 20.0 Å². The zero-order valence-electron chi connectivity index (χ0n) is 20.9. The Balaban J connectivity index is 1.26. The molecule has 0 radical (unpaired) electrons. The fraction of sp³-hybridized carbons (Fsp3) is 0.333. The van der Waals surface area contributed by atoms with Crippen LogP contribution in [0.2, 0.25) is 0 Å². The van der Waals surface area contributed by atoms with Crippen LogP contribution in [0.25, 0.3) is 0 Å². The molecular weight excluding hydrogens is 448 g/mol. The normalized spacial score (nSPS) is 18.4. The molecule has 186 valence electrons. The maximum atomic E-state index is 13.9. The summed E-state index contributed by atoms with van der Waals surface area (Å²) < 4.78 is 0. The molecule has 2 heterocycles. The minimum absolute atomic E-state index is 0.137. The first-order valence-corrected chi connectivity index (χ1v) is 12.7. The van der Waals surface area contributed by atoms with Crippen LogP contribution in [0.1, 0.15) is 22.3 Å². The second-order valence-corrected chi connectivity index (χ2v) is 10.1. The lowest BCUT2D eigenvalue weighted by Gasteiger charge is -2.36. The van der Waals surface area contributed by atoms with E-state index < -0.39 is 5.54 Å². The summed E-state index contributed by atoms with van der Waals surface area (Å²) in [5.74, 6) is -0.137. The number of benzene rings is 3. The van der Waals surface area contributed by atoms with Gasteiger partial charge in [-0.2, -0.15) is 0 Å². The van der Waals surface area contributed by atoms with Crippen LogP contribution in [-0.2, 0) is 24.2 Å². The van der Waals surface area contributed by atoms with Crippen LogP contribution in [-0.4, -0.2) is 65.0 Å². The summed E-state index contributed by atoms with van der Waals surface area (Å²) in [4.78, 5) is 33.1. The topological polar surface area (TPSA) is 55.9 Å². The van der Waals surface area contributed by atoms with Gasteiger partial charge in [0.05, 0.1) is 6.67 Å². The van der Waals surface area contributed by atoms with Crippen molar-refractivity contribution in [2.24, 2.45) is 0 Å². The van der Waals surface area contributed by atoms with Crippen LogP contribution in [0.15, 0.2) is 84.9 Å². The number of nitrogens with zero attached hydrogens (tertiary/aromatic N) is 3. The summed E-state index contributed by atoms with van der Waals surface area (Å²) in [5.41, 5.74) is 3.69. The quantitative estimate of drug-likeness (QED) is 0.496. The molecule has 0 saturated carbocycles. The highest BCUT2D eigenvalue weighted by Crippen LogP contribution is 2.27. The fourth-order valence-electron chi connectivity index (χ4n) is 5.35. The Kier molecular flexibility index (Phi) is 7.16. The first kappa shape index (κ1) is 24.2. The maximum Gasteiger partial charge on any atom is 0.326 e. The van der Waals surface area contributed by atoms with E-state index in [-0.39, 0.29) is 11.9 Å². The highest BCUT2D eigenvalue weighted by molar-refractivity contribution is 6.07. The third-order valence-electron chi connectivity index (χ3n) is 7.24. The molecule has 3 aromatic rings. The second kappa shape index (κ2) is 10.6. The van der Waals surface area contributed by atoms with Crippen molar-refractivity contribution in [1.29, 1.82) is 0 Å². The zero-order valence-corrected chi connectivity index (χ0v) is 20.9. The smallest absolute Gasteiger partial charge is 0.322 e. The minimum atomic E-state index is -0.979. The monoisotopic (exact) mass is 482 g/mol. The molecule has 1 N–H and O–H groups in total. The molecule has 2 aliphatic rings. The molecule has 0 spiro atoms. The molecule has 2 fully saturated rings. The predicted octanol–water partition coefficient (Wildman–Crippen LogP) is 3.85. The van der Waals surface area contributed by atoms with Crippen LogP contribution < -0.4 is 5.32 Å². The van der Waals surface area contributed by atoms with E-state index in [4.69, 9.17) is 0 Å². The fourth-order valence-corrected chi connectivity index (χ4v) is 5.35. The summed E-state index contributed by atoms with van der Waals surface area (Å²) in [5, 5.41) is 3.10. The number of nitrogens with one attached hydrogen (secondary N) is 1. The highest BCUT2D eigenvalue weighted by atomic mass is 16.2. The molecular formula is C30H34N4O2. The highest BCUT2D eigenvalue weighted by Gasteiger charge is 2.51. The van der Waals surface area contributed by atoms with E-state index in [1.54, 1.807) is 0 Å². The van der Waals surface area contributed by atoms with E-state index >= 15 is 0 Å². The Morgan fingerprint density at radius 3 is 1.86 bits per heavy atom. The van der Waals surface area contributed by atoms with Crippen molar-refractivity contribution >= 4 is 11.9 Å². The van der Waals surface area contributed by atoms with Gasteiger partial charge in [-0.05, 0) is 23.6 Å². The van der Waals surface area contributed by atoms with Gasteiger partial charge in [0, 0.05) is 45.6 Å². The van der Waals surface area contributed by atoms with Gasteiger partial charge in [0.1, 0.15) is 5.54 Å².